The molecule has 1 amide bonds. The first-order chi connectivity index (χ1) is 11.5. The van der Waals surface area contributed by atoms with Crippen LogP contribution >= 0.6 is 0 Å². The normalized spacial score (nSPS) is 22.1. The predicted molar refractivity (Wildman–Crippen MR) is 83.6 cm³/mol. The molecule has 2 saturated heterocycles. The third-order valence-corrected chi connectivity index (χ3v) is 4.94. The average Bonchev–Trinajstić information content (AvgIpc) is 2.91. The monoisotopic (exact) mass is 330 g/mol. The van der Waals surface area contributed by atoms with E-state index in [4.69, 9.17) is 4.74 Å². The van der Waals surface area contributed by atoms with Gasteiger partial charge >= 0.3 is 5.97 Å². The van der Waals surface area contributed by atoms with Crippen molar-refractivity contribution in [2.75, 3.05) is 25.1 Å². The van der Waals surface area contributed by atoms with Gasteiger partial charge in [0.1, 0.15) is 11.6 Å². The summed E-state index contributed by atoms with van der Waals surface area (Å²) in [6, 6.07) is 3.87. The molecule has 0 aliphatic carbocycles. The Morgan fingerprint density at radius 2 is 2.25 bits per heavy atom. The standard InChI is InChI=1S/C16H18N4O4/c1-24-14-10(9-17)12(2-5-18-14)20-6-3-16(4-7-20)11(15(22)23)8-13(21)19-16/h2,5,11H,3-4,6-8H2,1H3,(H,19,21)(H,22,23). The molecule has 1 aromatic rings. The number of nitriles is 1. The van der Waals surface area contributed by atoms with Crippen molar-refractivity contribution in [2.45, 2.75) is 24.8 Å². The SMILES string of the molecule is COc1nccc(N2CCC3(CC2)NC(=O)CC3C(=O)O)c1C#N. The van der Waals surface area contributed by atoms with E-state index in [1.165, 1.54) is 7.11 Å². The number of pyridine rings is 1. The molecule has 0 bridgehead atoms. The van der Waals surface area contributed by atoms with Gasteiger partial charge in [0.2, 0.25) is 11.8 Å². The number of carbonyl (C=O) groups excluding carboxylic acids is 1. The lowest BCUT2D eigenvalue weighted by molar-refractivity contribution is -0.144. The summed E-state index contributed by atoms with van der Waals surface area (Å²) in [7, 11) is 1.46. The zero-order valence-corrected chi connectivity index (χ0v) is 13.3. The summed E-state index contributed by atoms with van der Waals surface area (Å²) in [6.45, 7) is 1.10. The summed E-state index contributed by atoms with van der Waals surface area (Å²) in [4.78, 5) is 29.2. The van der Waals surface area contributed by atoms with Crippen LogP contribution in [0, 0.1) is 17.2 Å². The van der Waals surface area contributed by atoms with E-state index >= 15 is 0 Å². The number of carboxylic acids is 1. The van der Waals surface area contributed by atoms with Crippen molar-refractivity contribution in [1.82, 2.24) is 10.3 Å². The van der Waals surface area contributed by atoms with Crippen LogP contribution in [0.25, 0.3) is 0 Å². The summed E-state index contributed by atoms with van der Waals surface area (Å²) < 4.78 is 5.13. The van der Waals surface area contributed by atoms with Gasteiger partial charge in [-0.1, -0.05) is 0 Å². The Balaban J connectivity index is 1.82. The first-order valence-electron chi connectivity index (χ1n) is 7.72. The zero-order chi connectivity index (χ0) is 17.3. The van der Waals surface area contributed by atoms with Crippen LogP contribution < -0.4 is 15.0 Å². The van der Waals surface area contributed by atoms with E-state index in [-0.39, 0.29) is 18.2 Å². The van der Waals surface area contributed by atoms with Crippen molar-refractivity contribution < 1.29 is 19.4 Å². The minimum atomic E-state index is -0.940. The maximum absolute atomic E-state index is 11.7. The molecule has 3 heterocycles. The Morgan fingerprint density at radius 1 is 1.54 bits per heavy atom. The lowest BCUT2D eigenvalue weighted by Crippen LogP contribution is -2.55. The topological polar surface area (TPSA) is 116 Å². The maximum Gasteiger partial charge on any atom is 0.309 e. The highest BCUT2D eigenvalue weighted by atomic mass is 16.5. The highest BCUT2D eigenvalue weighted by Crippen LogP contribution is 2.39. The Morgan fingerprint density at radius 3 is 2.83 bits per heavy atom. The number of nitrogens with one attached hydrogen (secondary N) is 1. The van der Waals surface area contributed by atoms with Crippen molar-refractivity contribution >= 4 is 17.6 Å². The van der Waals surface area contributed by atoms with Crippen molar-refractivity contribution in [3.63, 3.8) is 0 Å². The van der Waals surface area contributed by atoms with Gasteiger partial charge in [0, 0.05) is 25.7 Å². The lowest BCUT2D eigenvalue weighted by atomic mass is 9.77. The second-order valence-electron chi connectivity index (χ2n) is 6.11. The Hall–Kier alpha value is -2.82. The Kier molecular flexibility index (Phi) is 4.01. The number of piperidine rings is 1. The summed E-state index contributed by atoms with van der Waals surface area (Å²) in [5, 5.41) is 21.7. The number of carbonyl (C=O) groups is 2. The van der Waals surface area contributed by atoms with Crippen LogP contribution in [-0.4, -0.2) is 47.7 Å². The molecule has 1 atom stereocenters. The number of nitrogens with zero attached hydrogens (tertiary/aromatic N) is 3. The fourth-order valence-electron chi connectivity index (χ4n) is 3.70. The van der Waals surface area contributed by atoms with Crippen LogP contribution in [0.4, 0.5) is 5.69 Å². The molecule has 2 fully saturated rings. The molecule has 0 aromatic carbocycles. The van der Waals surface area contributed by atoms with Gasteiger partial charge in [-0.25, -0.2) is 4.98 Å². The number of methoxy groups -OCH3 is 1. The molecule has 2 aliphatic rings. The Bertz CT molecular complexity index is 719. The highest BCUT2D eigenvalue weighted by Gasteiger charge is 2.51. The fraction of sp³-hybridized carbons (Fsp3) is 0.500. The van der Waals surface area contributed by atoms with E-state index in [0.717, 1.165) is 5.69 Å². The summed E-state index contributed by atoms with van der Waals surface area (Å²) in [5.74, 6) is -1.58. The van der Waals surface area contributed by atoms with Crippen molar-refractivity contribution in [3.05, 3.63) is 17.8 Å². The molecule has 0 radical (unpaired) electrons. The van der Waals surface area contributed by atoms with Crippen molar-refractivity contribution in [1.29, 1.82) is 5.26 Å². The van der Waals surface area contributed by atoms with Gasteiger partial charge in [-0.2, -0.15) is 5.26 Å². The van der Waals surface area contributed by atoms with E-state index in [0.29, 0.717) is 31.5 Å². The van der Waals surface area contributed by atoms with Gasteiger partial charge < -0.3 is 20.1 Å². The van der Waals surface area contributed by atoms with Crippen LogP contribution in [-0.2, 0) is 9.59 Å². The minimum absolute atomic E-state index is 0.0296. The molecule has 1 aromatic heterocycles. The van der Waals surface area contributed by atoms with Crippen LogP contribution in [0.15, 0.2) is 12.3 Å². The average molecular weight is 330 g/mol. The molecule has 8 heteroatoms. The molecule has 1 spiro atoms. The van der Waals surface area contributed by atoms with Crippen molar-refractivity contribution in [3.8, 4) is 11.9 Å². The number of amides is 1. The summed E-state index contributed by atoms with van der Waals surface area (Å²) in [6.07, 6.45) is 2.65. The van der Waals surface area contributed by atoms with Gasteiger partial charge in [-0.05, 0) is 18.9 Å². The van der Waals surface area contributed by atoms with Gasteiger partial charge in [-0.3, -0.25) is 9.59 Å². The lowest BCUT2D eigenvalue weighted by Gasteiger charge is -2.42. The van der Waals surface area contributed by atoms with Gasteiger partial charge in [0.05, 0.1) is 24.3 Å². The smallest absolute Gasteiger partial charge is 0.309 e. The first kappa shape index (κ1) is 16.1. The van der Waals surface area contributed by atoms with E-state index in [1.807, 2.05) is 4.90 Å². The summed E-state index contributed by atoms with van der Waals surface area (Å²) in [5.41, 5.74) is 0.389. The molecular formula is C16H18N4O4. The number of hydrogen-bond donors (Lipinski definition) is 2. The molecule has 126 valence electrons. The first-order valence-corrected chi connectivity index (χ1v) is 7.72. The van der Waals surface area contributed by atoms with Crippen LogP contribution in [0.2, 0.25) is 0 Å². The second-order valence-corrected chi connectivity index (χ2v) is 6.11. The molecule has 8 nitrogen and oxygen atoms in total. The van der Waals surface area contributed by atoms with Gasteiger partial charge in [0.25, 0.3) is 0 Å². The number of aliphatic carboxylic acids is 1. The Labute approximate surface area is 139 Å². The highest BCUT2D eigenvalue weighted by molar-refractivity contribution is 5.88. The quantitative estimate of drug-likeness (QED) is 0.830. The number of aromatic nitrogens is 1. The number of anilines is 1. The predicted octanol–water partition coefficient (Wildman–Crippen LogP) is 0.522. The van der Waals surface area contributed by atoms with E-state index in [1.54, 1.807) is 12.3 Å². The number of ether oxygens (including phenoxy) is 1. The fourth-order valence-corrected chi connectivity index (χ4v) is 3.70. The molecule has 2 N–H and O–H groups in total. The van der Waals surface area contributed by atoms with E-state index in [2.05, 4.69) is 16.4 Å². The minimum Gasteiger partial charge on any atom is -0.481 e. The van der Waals surface area contributed by atoms with E-state index < -0.39 is 17.4 Å². The molecule has 24 heavy (non-hydrogen) atoms. The van der Waals surface area contributed by atoms with Gasteiger partial charge in [0.15, 0.2) is 0 Å². The summed E-state index contributed by atoms with van der Waals surface area (Å²) >= 11 is 0. The molecular weight excluding hydrogens is 312 g/mol. The van der Waals surface area contributed by atoms with Crippen molar-refractivity contribution in [2.24, 2.45) is 5.92 Å². The largest absolute Gasteiger partial charge is 0.481 e. The third-order valence-electron chi connectivity index (χ3n) is 4.94. The molecule has 0 saturated carbocycles. The zero-order valence-electron chi connectivity index (χ0n) is 13.3. The second kappa shape index (κ2) is 6.00. The number of rotatable bonds is 3. The third kappa shape index (κ3) is 2.52. The van der Waals surface area contributed by atoms with Gasteiger partial charge in [-0.15, -0.1) is 0 Å². The number of carboxylic acid groups (broad SMARTS) is 1. The van der Waals surface area contributed by atoms with Crippen LogP contribution in [0.5, 0.6) is 5.88 Å². The molecule has 2 aliphatic heterocycles. The molecule has 1 unspecified atom stereocenters. The van der Waals surface area contributed by atoms with Crippen LogP contribution in [0.1, 0.15) is 24.8 Å². The molecule has 3 rings (SSSR count). The maximum atomic E-state index is 11.7. The van der Waals surface area contributed by atoms with E-state index in [9.17, 15) is 20.0 Å². The number of hydrogen-bond acceptors (Lipinski definition) is 6. The van der Waals surface area contributed by atoms with Crippen LogP contribution in [0.3, 0.4) is 0 Å².